The highest BCUT2D eigenvalue weighted by Crippen LogP contribution is 2.30. The molecular weight excluding hydrogens is 444 g/mol. The first kappa shape index (κ1) is 26.4. The van der Waals surface area contributed by atoms with Gasteiger partial charge in [0.2, 0.25) is 15.9 Å². The lowest BCUT2D eigenvalue weighted by molar-refractivity contribution is -0.122. The second kappa shape index (κ2) is 12.4. The molecule has 0 aliphatic rings. The van der Waals surface area contributed by atoms with E-state index in [0.717, 1.165) is 11.1 Å². The van der Waals surface area contributed by atoms with E-state index in [1.807, 2.05) is 37.2 Å². The Morgan fingerprint density at radius 3 is 2.48 bits per heavy atom. The molecule has 2 rings (SSSR count). The van der Waals surface area contributed by atoms with Gasteiger partial charge in [-0.3, -0.25) is 9.79 Å². The highest BCUT2D eigenvalue weighted by atomic mass is 32.2. The van der Waals surface area contributed by atoms with Crippen LogP contribution in [0, 0.1) is 0 Å². The SMILES string of the molecule is COCCCNC(=O)C(CCCN=C(N)N)NS(=O)(=O)c1cccc2c(N(C)C)cccc12. The topological polar surface area (TPSA) is 152 Å². The molecule has 10 nitrogen and oxygen atoms in total. The lowest BCUT2D eigenvalue weighted by Gasteiger charge is -2.20. The molecule has 0 aromatic heterocycles. The van der Waals surface area contributed by atoms with E-state index in [4.69, 9.17) is 16.2 Å². The number of nitrogens with two attached hydrogens (primary N) is 2. The maximum absolute atomic E-state index is 13.4. The Kier molecular flexibility index (Phi) is 9.89. The Balaban J connectivity index is 2.30. The van der Waals surface area contributed by atoms with Crippen LogP contribution in [-0.4, -0.2) is 67.2 Å². The van der Waals surface area contributed by atoms with Crippen LogP contribution in [0.25, 0.3) is 10.8 Å². The van der Waals surface area contributed by atoms with Gasteiger partial charge in [0.15, 0.2) is 5.96 Å². The number of rotatable bonds is 13. The standard InChI is InChI=1S/C22H34N6O4S/c1-28(2)19-11-4-9-17-16(19)8-5-12-20(17)33(30,31)27-18(10-6-13-26-22(23)24)21(29)25-14-7-15-32-3/h4-5,8-9,11-12,18,27H,6-7,10,13-15H2,1-3H3,(H,25,29)(H4,23,24,26). The van der Waals surface area contributed by atoms with Gasteiger partial charge < -0.3 is 26.4 Å². The van der Waals surface area contributed by atoms with Crippen LogP contribution >= 0.6 is 0 Å². The third-order valence-electron chi connectivity index (χ3n) is 5.01. The van der Waals surface area contributed by atoms with Crippen LogP contribution in [0.1, 0.15) is 19.3 Å². The molecule has 0 fully saturated rings. The number of hydrogen-bond donors (Lipinski definition) is 4. The lowest BCUT2D eigenvalue weighted by Crippen LogP contribution is -2.47. The van der Waals surface area contributed by atoms with Crippen molar-refractivity contribution in [1.82, 2.24) is 10.0 Å². The Bertz CT molecular complexity index is 1070. The van der Waals surface area contributed by atoms with E-state index in [1.54, 1.807) is 19.2 Å². The van der Waals surface area contributed by atoms with Gasteiger partial charge in [0.25, 0.3) is 0 Å². The van der Waals surface area contributed by atoms with Crippen molar-refractivity contribution in [2.75, 3.05) is 45.8 Å². The summed E-state index contributed by atoms with van der Waals surface area (Å²) in [6.07, 6.45) is 1.28. The molecule has 11 heteroatoms. The molecule has 0 radical (unpaired) electrons. The number of carbonyl (C=O) groups excluding carboxylic acids is 1. The zero-order valence-corrected chi connectivity index (χ0v) is 20.2. The smallest absolute Gasteiger partial charge is 0.241 e. The monoisotopic (exact) mass is 478 g/mol. The van der Waals surface area contributed by atoms with Gasteiger partial charge in [-0.2, -0.15) is 4.72 Å². The van der Waals surface area contributed by atoms with Crippen LogP contribution in [0.5, 0.6) is 0 Å². The average Bonchev–Trinajstić information content (AvgIpc) is 2.77. The molecule has 1 amide bonds. The highest BCUT2D eigenvalue weighted by molar-refractivity contribution is 7.89. The van der Waals surface area contributed by atoms with Crippen LogP contribution in [-0.2, 0) is 19.6 Å². The predicted molar refractivity (Wildman–Crippen MR) is 132 cm³/mol. The molecule has 182 valence electrons. The third-order valence-corrected chi connectivity index (χ3v) is 6.54. The van der Waals surface area contributed by atoms with Crippen LogP contribution in [0.4, 0.5) is 5.69 Å². The minimum Gasteiger partial charge on any atom is -0.385 e. The second-order valence-electron chi connectivity index (χ2n) is 7.78. The number of anilines is 1. The number of sulfonamides is 1. The second-order valence-corrected chi connectivity index (χ2v) is 9.47. The summed E-state index contributed by atoms with van der Waals surface area (Å²) in [6, 6.07) is 9.63. The predicted octanol–water partition coefficient (Wildman–Crippen LogP) is 0.759. The molecule has 0 aliphatic carbocycles. The van der Waals surface area contributed by atoms with E-state index in [9.17, 15) is 13.2 Å². The quantitative estimate of drug-likeness (QED) is 0.188. The first-order valence-electron chi connectivity index (χ1n) is 10.7. The summed E-state index contributed by atoms with van der Waals surface area (Å²) in [7, 11) is 1.37. The molecule has 6 N–H and O–H groups in total. The number of guanidine groups is 1. The third kappa shape index (κ3) is 7.58. The fraction of sp³-hybridized carbons (Fsp3) is 0.455. The van der Waals surface area contributed by atoms with Crippen molar-refractivity contribution >= 4 is 38.3 Å². The number of methoxy groups -OCH3 is 1. The Morgan fingerprint density at radius 1 is 1.12 bits per heavy atom. The summed E-state index contributed by atoms with van der Waals surface area (Å²) < 4.78 is 34.3. The molecular formula is C22H34N6O4S. The zero-order chi connectivity index (χ0) is 24.4. The molecule has 0 saturated heterocycles. The normalized spacial score (nSPS) is 12.3. The summed E-state index contributed by atoms with van der Waals surface area (Å²) in [4.78, 5) is 18.7. The fourth-order valence-corrected chi connectivity index (χ4v) is 4.89. The van der Waals surface area contributed by atoms with E-state index in [0.29, 0.717) is 31.4 Å². The van der Waals surface area contributed by atoms with E-state index in [-0.39, 0.29) is 23.8 Å². The minimum atomic E-state index is -4.00. The Morgan fingerprint density at radius 2 is 1.82 bits per heavy atom. The van der Waals surface area contributed by atoms with E-state index < -0.39 is 22.0 Å². The van der Waals surface area contributed by atoms with Gasteiger partial charge >= 0.3 is 0 Å². The van der Waals surface area contributed by atoms with Crippen molar-refractivity contribution in [3.8, 4) is 0 Å². The maximum Gasteiger partial charge on any atom is 0.241 e. The number of carbonyl (C=O) groups is 1. The molecule has 0 heterocycles. The summed E-state index contributed by atoms with van der Waals surface area (Å²) in [5, 5.41) is 4.15. The molecule has 0 aliphatic heterocycles. The molecule has 0 saturated carbocycles. The van der Waals surface area contributed by atoms with Crippen molar-refractivity contribution in [3.05, 3.63) is 36.4 Å². The van der Waals surface area contributed by atoms with Gasteiger partial charge in [-0.1, -0.05) is 24.3 Å². The van der Waals surface area contributed by atoms with Crippen molar-refractivity contribution in [2.45, 2.75) is 30.2 Å². The first-order valence-corrected chi connectivity index (χ1v) is 12.2. The number of ether oxygens (including phenoxy) is 1. The van der Waals surface area contributed by atoms with E-state index >= 15 is 0 Å². The molecule has 33 heavy (non-hydrogen) atoms. The number of fused-ring (bicyclic) bond motifs is 1. The number of amides is 1. The summed E-state index contributed by atoms with van der Waals surface area (Å²) in [6.45, 7) is 1.16. The van der Waals surface area contributed by atoms with Crippen molar-refractivity contribution in [1.29, 1.82) is 0 Å². The van der Waals surface area contributed by atoms with Gasteiger partial charge in [0.1, 0.15) is 6.04 Å². The number of nitrogens with one attached hydrogen (secondary N) is 2. The van der Waals surface area contributed by atoms with Gasteiger partial charge in [-0.15, -0.1) is 0 Å². The molecule has 0 spiro atoms. The fourth-order valence-electron chi connectivity index (χ4n) is 3.44. The van der Waals surface area contributed by atoms with E-state index in [1.165, 1.54) is 6.07 Å². The van der Waals surface area contributed by atoms with Crippen LogP contribution in [0.3, 0.4) is 0 Å². The zero-order valence-electron chi connectivity index (χ0n) is 19.4. The van der Waals surface area contributed by atoms with Gasteiger partial charge in [0.05, 0.1) is 4.90 Å². The number of benzene rings is 2. The number of hydrogen-bond acceptors (Lipinski definition) is 6. The number of nitrogens with zero attached hydrogens (tertiary/aromatic N) is 2. The molecule has 0 bridgehead atoms. The Labute approximate surface area is 195 Å². The van der Waals surface area contributed by atoms with Gasteiger partial charge in [-0.05, 0) is 31.4 Å². The van der Waals surface area contributed by atoms with Crippen LogP contribution in [0.2, 0.25) is 0 Å². The highest BCUT2D eigenvalue weighted by Gasteiger charge is 2.27. The Hall–Kier alpha value is -2.89. The van der Waals surface area contributed by atoms with Crippen molar-refractivity contribution < 1.29 is 17.9 Å². The van der Waals surface area contributed by atoms with Crippen LogP contribution < -0.4 is 26.4 Å². The maximum atomic E-state index is 13.4. The van der Waals surface area contributed by atoms with Crippen molar-refractivity contribution in [3.63, 3.8) is 0 Å². The van der Waals surface area contributed by atoms with Gasteiger partial charge in [0, 0.05) is 57.4 Å². The lowest BCUT2D eigenvalue weighted by atomic mass is 10.1. The van der Waals surface area contributed by atoms with Gasteiger partial charge in [-0.25, -0.2) is 8.42 Å². The summed E-state index contributed by atoms with van der Waals surface area (Å²) >= 11 is 0. The first-order chi connectivity index (χ1) is 15.7. The summed E-state index contributed by atoms with van der Waals surface area (Å²) in [5.74, 6) is -0.461. The van der Waals surface area contributed by atoms with Crippen molar-refractivity contribution in [2.24, 2.45) is 16.5 Å². The molecule has 1 atom stereocenters. The molecule has 2 aromatic carbocycles. The molecule has 2 aromatic rings. The minimum absolute atomic E-state index is 0.0522. The largest absolute Gasteiger partial charge is 0.385 e. The summed E-state index contributed by atoms with van der Waals surface area (Å²) in [5.41, 5.74) is 11.6. The number of aliphatic imine (C=N–C) groups is 1. The van der Waals surface area contributed by atoms with E-state index in [2.05, 4.69) is 15.0 Å². The average molecular weight is 479 g/mol. The van der Waals surface area contributed by atoms with Crippen LogP contribution in [0.15, 0.2) is 46.3 Å². The molecule has 1 unspecified atom stereocenters.